The molecule has 126 valence electrons. The van der Waals surface area contributed by atoms with Crippen molar-refractivity contribution in [3.05, 3.63) is 38.4 Å². The minimum atomic E-state index is -0.774. The van der Waals surface area contributed by atoms with E-state index in [9.17, 15) is 14.7 Å². The van der Waals surface area contributed by atoms with Crippen molar-refractivity contribution in [2.45, 2.75) is 20.0 Å². The molecule has 0 aliphatic carbocycles. The number of rotatable bonds is 4. The zero-order chi connectivity index (χ0) is 17.9. The van der Waals surface area contributed by atoms with E-state index >= 15 is 0 Å². The molecule has 1 atom stereocenters. The average Bonchev–Trinajstić information content (AvgIpc) is 3.10. The molecule has 0 bridgehead atoms. The molecule has 2 rings (SSSR count). The van der Waals surface area contributed by atoms with Gasteiger partial charge in [0.1, 0.15) is 5.00 Å². The summed E-state index contributed by atoms with van der Waals surface area (Å²) in [6.45, 7) is 3.89. The number of anilines is 1. The third-order valence-electron chi connectivity index (χ3n) is 3.11. The number of hydrogen-bond donors (Lipinski definition) is 4. The van der Waals surface area contributed by atoms with Crippen LogP contribution in [0.25, 0.3) is 0 Å². The minimum Gasteiger partial charge on any atom is -0.387 e. The molecular formula is C16H17N3O3S2. The second-order valence-corrected chi connectivity index (χ2v) is 7.38. The lowest BCUT2D eigenvalue weighted by Gasteiger charge is -2.11. The van der Waals surface area contributed by atoms with E-state index in [-0.39, 0.29) is 16.5 Å². The van der Waals surface area contributed by atoms with Crippen LogP contribution in [0.15, 0.2) is 17.5 Å². The second-order valence-electron chi connectivity index (χ2n) is 5.38. The lowest BCUT2D eigenvalue weighted by atomic mass is 10.1. The number of aliphatic hydroxyl groups excluding tert-OH is 1. The van der Waals surface area contributed by atoms with Gasteiger partial charge >= 0.3 is 6.03 Å². The Bertz CT molecular complexity index is 827. The molecule has 24 heavy (non-hydrogen) atoms. The molecule has 0 fully saturated rings. The van der Waals surface area contributed by atoms with Crippen molar-refractivity contribution in [3.63, 3.8) is 0 Å². The molecule has 2 aromatic heterocycles. The highest BCUT2D eigenvalue weighted by Gasteiger charge is 2.15. The first-order valence-corrected chi connectivity index (χ1v) is 8.76. The molecule has 2 aromatic rings. The molecule has 0 spiro atoms. The first kappa shape index (κ1) is 18.0. The van der Waals surface area contributed by atoms with Gasteiger partial charge in [0.25, 0.3) is 5.91 Å². The van der Waals surface area contributed by atoms with Crippen molar-refractivity contribution in [2.75, 3.05) is 5.32 Å². The fourth-order valence-electron chi connectivity index (χ4n) is 1.88. The molecule has 6 N–H and O–H groups in total. The summed E-state index contributed by atoms with van der Waals surface area (Å²) < 4.78 is 0. The van der Waals surface area contributed by atoms with Crippen molar-refractivity contribution >= 4 is 39.6 Å². The van der Waals surface area contributed by atoms with Crippen LogP contribution in [0.5, 0.6) is 0 Å². The van der Waals surface area contributed by atoms with Crippen LogP contribution in [0.2, 0.25) is 0 Å². The maximum atomic E-state index is 11.4. The highest BCUT2D eigenvalue weighted by molar-refractivity contribution is 7.17. The Hall–Kier alpha value is -2.34. The van der Waals surface area contributed by atoms with Crippen molar-refractivity contribution in [1.82, 2.24) is 0 Å². The molecule has 0 saturated carbocycles. The minimum absolute atomic E-state index is 0.127. The van der Waals surface area contributed by atoms with Gasteiger partial charge in [-0.15, -0.1) is 22.7 Å². The van der Waals surface area contributed by atoms with Crippen molar-refractivity contribution in [3.8, 4) is 11.8 Å². The van der Waals surface area contributed by atoms with Gasteiger partial charge < -0.3 is 16.6 Å². The lowest BCUT2D eigenvalue weighted by Crippen LogP contribution is -2.21. The molecule has 3 amide bonds. The summed E-state index contributed by atoms with van der Waals surface area (Å²) in [6.07, 6.45) is -0.514. The van der Waals surface area contributed by atoms with E-state index < -0.39 is 18.0 Å². The van der Waals surface area contributed by atoms with Gasteiger partial charge in [0, 0.05) is 15.8 Å². The van der Waals surface area contributed by atoms with Gasteiger partial charge in [0.15, 0.2) is 0 Å². The highest BCUT2D eigenvalue weighted by atomic mass is 32.1. The maximum Gasteiger partial charge on any atom is 0.317 e. The molecule has 2 heterocycles. The smallest absolute Gasteiger partial charge is 0.317 e. The number of aliphatic hydroxyl groups is 1. The molecule has 6 nitrogen and oxygen atoms in total. The first-order valence-electron chi connectivity index (χ1n) is 7.06. The molecule has 0 saturated heterocycles. The monoisotopic (exact) mass is 363 g/mol. The number of carbonyl (C=O) groups excluding carboxylic acids is 2. The normalized spacial score (nSPS) is 11.7. The molecule has 1 unspecified atom stereocenters. The van der Waals surface area contributed by atoms with Crippen LogP contribution in [0.1, 0.15) is 45.6 Å². The number of nitrogens with two attached hydrogens (primary N) is 2. The molecule has 0 radical (unpaired) electrons. The maximum absolute atomic E-state index is 11.4. The number of nitrogens with one attached hydrogen (secondary N) is 1. The van der Waals surface area contributed by atoms with Gasteiger partial charge in [-0.1, -0.05) is 25.7 Å². The van der Waals surface area contributed by atoms with Crippen LogP contribution < -0.4 is 16.8 Å². The topological polar surface area (TPSA) is 118 Å². The number of carbonyl (C=O) groups is 2. The van der Waals surface area contributed by atoms with Crippen LogP contribution in [0, 0.1) is 17.8 Å². The summed E-state index contributed by atoms with van der Waals surface area (Å²) in [5.74, 6) is 5.36. The van der Waals surface area contributed by atoms with E-state index in [1.54, 1.807) is 0 Å². The molecule has 8 heteroatoms. The molecular weight excluding hydrogens is 346 g/mol. The number of amides is 3. The highest BCUT2D eigenvalue weighted by Crippen LogP contribution is 2.29. The summed E-state index contributed by atoms with van der Waals surface area (Å²) >= 11 is 2.57. The van der Waals surface area contributed by atoms with E-state index in [0.717, 1.165) is 21.8 Å². The Morgan fingerprint density at radius 2 is 1.96 bits per heavy atom. The van der Waals surface area contributed by atoms with Gasteiger partial charge in [0.2, 0.25) is 0 Å². The van der Waals surface area contributed by atoms with Gasteiger partial charge in [-0.05, 0) is 18.1 Å². The Balaban J connectivity index is 2.25. The SMILES string of the molecule is CC(C)C(O)c1cc(C#Cc2cc(C(N)=O)c(NC(N)=O)s2)cs1. The van der Waals surface area contributed by atoms with Gasteiger partial charge in [-0.25, -0.2) is 4.79 Å². The predicted molar refractivity (Wildman–Crippen MR) is 96.1 cm³/mol. The Morgan fingerprint density at radius 1 is 1.25 bits per heavy atom. The largest absolute Gasteiger partial charge is 0.387 e. The van der Waals surface area contributed by atoms with Crippen LogP contribution in [-0.2, 0) is 0 Å². The number of hydrogen-bond acceptors (Lipinski definition) is 5. The standard InChI is InChI=1S/C16H17N3O3S2/c1-8(2)13(20)12-5-9(7-23-12)3-4-10-6-11(14(17)21)15(24-10)19-16(18)22/h5-8,13,20H,1-2H3,(H2,17,21)(H3,18,19,22). The molecule has 0 aliphatic rings. The summed E-state index contributed by atoms with van der Waals surface area (Å²) in [5, 5.41) is 14.5. The van der Waals surface area contributed by atoms with Crippen LogP contribution in [0.3, 0.4) is 0 Å². The summed E-state index contributed by atoms with van der Waals surface area (Å²) in [6, 6.07) is 2.58. The first-order chi connectivity index (χ1) is 11.3. The van der Waals surface area contributed by atoms with Gasteiger partial charge in [0.05, 0.1) is 16.5 Å². The zero-order valence-corrected chi connectivity index (χ0v) is 14.8. The van der Waals surface area contributed by atoms with E-state index in [1.807, 2.05) is 25.3 Å². The van der Waals surface area contributed by atoms with Crippen molar-refractivity contribution < 1.29 is 14.7 Å². The third kappa shape index (κ3) is 4.35. The fourth-order valence-corrected chi connectivity index (χ4v) is 3.79. The van der Waals surface area contributed by atoms with Crippen LogP contribution >= 0.6 is 22.7 Å². The number of primary amides is 2. The Morgan fingerprint density at radius 3 is 2.54 bits per heavy atom. The van der Waals surface area contributed by atoms with E-state index in [2.05, 4.69) is 17.2 Å². The van der Waals surface area contributed by atoms with Crippen LogP contribution in [-0.4, -0.2) is 17.0 Å². The summed E-state index contributed by atoms with van der Waals surface area (Å²) in [5.41, 5.74) is 11.3. The third-order valence-corrected chi connectivity index (χ3v) is 5.08. The summed E-state index contributed by atoms with van der Waals surface area (Å²) in [7, 11) is 0. The summed E-state index contributed by atoms with van der Waals surface area (Å²) in [4.78, 5) is 23.8. The van der Waals surface area contributed by atoms with Crippen molar-refractivity contribution in [1.29, 1.82) is 0 Å². The Kier molecular flexibility index (Phi) is 5.62. The second kappa shape index (κ2) is 7.49. The van der Waals surface area contributed by atoms with Gasteiger partial charge in [-0.2, -0.15) is 0 Å². The predicted octanol–water partition coefficient (Wildman–Crippen LogP) is 2.49. The fraction of sp³-hybridized carbons (Fsp3) is 0.250. The quantitative estimate of drug-likeness (QED) is 0.625. The average molecular weight is 363 g/mol. The zero-order valence-electron chi connectivity index (χ0n) is 13.1. The molecule has 0 aromatic carbocycles. The number of urea groups is 1. The van der Waals surface area contributed by atoms with E-state index in [1.165, 1.54) is 17.4 Å². The van der Waals surface area contributed by atoms with E-state index in [4.69, 9.17) is 11.5 Å². The Labute approximate surface area is 147 Å². The van der Waals surface area contributed by atoms with Crippen LogP contribution in [0.4, 0.5) is 9.80 Å². The van der Waals surface area contributed by atoms with Crippen molar-refractivity contribution in [2.24, 2.45) is 17.4 Å². The lowest BCUT2D eigenvalue weighted by molar-refractivity contribution is 0.100. The van der Waals surface area contributed by atoms with E-state index in [0.29, 0.717) is 4.88 Å². The molecule has 0 aliphatic heterocycles. The van der Waals surface area contributed by atoms with Gasteiger partial charge in [-0.3, -0.25) is 10.1 Å². The number of thiophene rings is 2.